The molecule has 0 fully saturated rings. The number of hydrogen-bond donors (Lipinski definition) is 2. The maximum absolute atomic E-state index is 12.7. The SMILES string of the molecule is CC(C)[C@H](N[C@H](CO)c1ccccc1)c1ccc(C(F)(F)F)cc1. The molecule has 2 rings (SSSR count). The van der Waals surface area contributed by atoms with E-state index in [4.69, 9.17) is 0 Å². The van der Waals surface area contributed by atoms with Crippen LogP contribution in [0.15, 0.2) is 54.6 Å². The largest absolute Gasteiger partial charge is 0.416 e. The molecule has 0 amide bonds. The van der Waals surface area contributed by atoms with Crippen molar-refractivity contribution < 1.29 is 18.3 Å². The fourth-order valence-corrected chi connectivity index (χ4v) is 2.71. The number of alkyl halides is 3. The molecule has 24 heavy (non-hydrogen) atoms. The third kappa shape index (κ3) is 4.58. The quantitative estimate of drug-likeness (QED) is 0.799. The first-order valence-corrected chi connectivity index (χ1v) is 7.92. The summed E-state index contributed by atoms with van der Waals surface area (Å²) in [5.74, 6) is 0.152. The van der Waals surface area contributed by atoms with E-state index in [1.165, 1.54) is 12.1 Å². The van der Waals surface area contributed by atoms with Crippen LogP contribution in [0.25, 0.3) is 0 Å². The number of aliphatic hydroxyl groups excluding tert-OH is 1. The molecule has 2 aromatic carbocycles. The van der Waals surface area contributed by atoms with Crippen molar-refractivity contribution in [1.82, 2.24) is 5.32 Å². The molecular formula is C19H22F3NO. The van der Waals surface area contributed by atoms with Gasteiger partial charge in [-0.05, 0) is 29.2 Å². The second-order valence-electron chi connectivity index (χ2n) is 6.15. The number of nitrogens with one attached hydrogen (secondary N) is 1. The van der Waals surface area contributed by atoms with Gasteiger partial charge in [0.1, 0.15) is 0 Å². The molecule has 130 valence electrons. The van der Waals surface area contributed by atoms with E-state index in [1.54, 1.807) is 0 Å². The summed E-state index contributed by atoms with van der Waals surface area (Å²) in [6, 6.07) is 14.3. The van der Waals surface area contributed by atoms with Crippen LogP contribution in [-0.2, 0) is 6.18 Å². The first kappa shape index (κ1) is 18.5. The lowest BCUT2D eigenvalue weighted by atomic mass is 9.93. The Hall–Kier alpha value is -1.85. The van der Waals surface area contributed by atoms with Gasteiger partial charge in [0.15, 0.2) is 0 Å². The number of benzene rings is 2. The van der Waals surface area contributed by atoms with Gasteiger partial charge in [0.25, 0.3) is 0 Å². The van der Waals surface area contributed by atoms with Crippen molar-refractivity contribution in [1.29, 1.82) is 0 Å². The summed E-state index contributed by atoms with van der Waals surface area (Å²) in [4.78, 5) is 0. The monoisotopic (exact) mass is 337 g/mol. The van der Waals surface area contributed by atoms with Gasteiger partial charge in [-0.2, -0.15) is 13.2 Å². The molecule has 5 heteroatoms. The molecule has 0 aromatic heterocycles. The molecule has 0 aliphatic heterocycles. The Morgan fingerprint density at radius 1 is 0.917 bits per heavy atom. The summed E-state index contributed by atoms with van der Waals surface area (Å²) in [7, 11) is 0. The van der Waals surface area contributed by atoms with Gasteiger partial charge < -0.3 is 10.4 Å². The maximum Gasteiger partial charge on any atom is 0.416 e. The molecule has 0 saturated heterocycles. The molecule has 0 aliphatic carbocycles. The highest BCUT2D eigenvalue weighted by molar-refractivity contribution is 5.28. The van der Waals surface area contributed by atoms with Crippen molar-refractivity contribution >= 4 is 0 Å². The Morgan fingerprint density at radius 2 is 1.50 bits per heavy atom. The van der Waals surface area contributed by atoms with E-state index >= 15 is 0 Å². The van der Waals surface area contributed by atoms with Crippen LogP contribution in [0.2, 0.25) is 0 Å². The molecule has 0 unspecified atom stereocenters. The van der Waals surface area contributed by atoms with Crippen LogP contribution >= 0.6 is 0 Å². The lowest BCUT2D eigenvalue weighted by Gasteiger charge is -2.28. The van der Waals surface area contributed by atoms with E-state index in [1.807, 2.05) is 44.2 Å². The summed E-state index contributed by atoms with van der Waals surface area (Å²) in [6.07, 6.45) is -4.34. The highest BCUT2D eigenvalue weighted by Gasteiger charge is 2.30. The van der Waals surface area contributed by atoms with Crippen LogP contribution in [0.5, 0.6) is 0 Å². The van der Waals surface area contributed by atoms with Crippen LogP contribution in [0, 0.1) is 5.92 Å². The predicted molar refractivity (Wildman–Crippen MR) is 88.4 cm³/mol. The Labute approximate surface area is 140 Å². The van der Waals surface area contributed by atoms with E-state index in [0.717, 1.165) is 23.3 Å². The van der Waals surface area contributed by atoms with Gasteiger partial charge in [-0.1, -0.05) is 56.3 Å². The Bertz CT molecular complexity index is 623. The smallest absolute Gasteiger partial charge is 0.394 e. The lowest BCUT2D eigenvalue weighted by molar-refractivity contribution is -0.137. The molecule has 2 atom stereocenters. The van der Waals surface area contributed by atoms with E-state index in [0.29, 0.717) is 0 Å². The summed E-state index contributed by atoms with van der Waals surface area (Å²) >= 11 is 0. The van der Waals surface area contributed by atoms with Crippen LogP contribution in [-0.4, -0.2) is 11.7 Å². The molecular weight excluding hydrogens is 315 g/mol. The highest BCUT2D eigenvalue weighted by atomic mass is 19.4. The highest BCUT2D eigenvalue weighted by Crippen LogP contribution is 2.32. The van der Waals surface area contributed by atoms with Crippen LogP contribution in [0.4, 0.5) is 13.2 Å². The molecule has 0 radical (unpaired) electrons. The van der Waals surface area contributed by atoms with Gasteiger partial charge >= 0.3 is 6.18 Å². The van der Waals surface area contributed by atoms with Crippen molar-refractivity contribution in [3.05, 3.63) is 71.3 Å². The number of halogens is 3. The second-order valence-corrected chi connectivity index (χ2v) is 6.15. The predicted octanol–water partition coefficient (Wildman–Crippen LogP) is 4.73. The zero-order valence-electron chi connectivity index (χ0n) is 13.7. The molecule has 0 heterocycles. The Morgan fingerprint density at radius 3 is 1.96 bits per heavy atom. The fourth-order valence-electron chi connectivity index (χ4n) is 2.71. The van der Waals surface area contributed by atoms with Gasteiger partial charge in [-0.15, -0.1) is 0 Å². The molecule has 0 saturated carbocycles. The lowest BCUT2D eigenvalue weighted by Crippen LogP contribution is -2.32. The van der Waals surface area contributed by atoms with Crippen LogP contribution < -0.4 is 5.32 Å². The van der Waals surface area contributed by atoms with Crippen molar-refractivity contribution in [3.63, 3.8) is 0 Å². The minimum atomic E-state index is -4.34. The zero-order chi connectivity index (χ0) is 17.7. The summed E-state index contributed by atoms with van der Waals surface area (Å²) in [5.41, 5.74) is 1.06. The van der Waals surface area contributed by atoms with Crippen molar-refractivity contribution in [2.24, 2.45) is 5.92 Å². The molecule has 2 N–H and O–H groups in total. The first-order valence-electron chi connectivity index (χ1n) is 7.92. The first-order chi connectivity index (χ1) is 11.3. The molecule has 0 spiro atoms. The van der Waals surface area contributed by atoms with Crippen LogP contribution in [0.3, 0.4) is 0 Å². The standard InChI is InChI=1S/C19H22F3NO/c1-13(2)18(15-8-10-16(11-9-15)19(20,21)22)23-17(12-24)14-6-4-3-5-7-14/h3-11,13,17-18,23-24H,12H2,1-2H3/t17-,18+/m1/s1. The molecule has 2 aromatic rings. The van der Waals surface area contributed by atoms with E-state index in [2.05, 4.69) is 5.32 Å². The number of aliphatic hydroxyl groups is 1. The average Bonchev–Trinajstić information content (AvgIpc) is 2.56. The van der Waals surface area contributed by atoms with Crippen molar-refractivity contribution in [2.75, 3.05) is 6.61 Å². The number of hydrogen-bond acceptors (Lipinski definition) is 2. The maximum atomic E-state index is 12.7. The minimum absolute atomic E-state index is 0.0894. The van der Waals surface area contributed by atoms with E-state index in [9.17, 15) is 18.3 Å². The molecule has 0 bridgehead atoms. The Balaban J connectivity index is 2.23. The molecule has 0 aliphatic rings. The zero-order valence-corrected chi connectivity index (χ0v) is 13.7. The third-order valence-electron chi connectivity index (χ3n) is 4.03. The fraction of sp³-hybridized carbons (Fsp3) is 0.368. The topological polar surface area (TPSA) is 32.3 Å². The van der Waals surface area contributed by atoms with Crippen molar-refractivity contribution in [3.8, 4) is 0 Å². The summed E-state index contributed by atoms with van der Waals surface area (Å²) in [5, 5.41) is 13.1. The van der Waals surface area contributed by atoms with Crippen molar-refractivity contribution in [2.45, 2.75) is 32.1 Å². The number of rotatable bonds is 6. The third-order valence-corrected chi connectivity index (χ3v) is 4.03. The average molecular weight is 337 g/mol. The second kappa shape index (κ2) is 7.81. The van der Waals surface area contributed by atoms with Gasteiger partial charge in [0.2, 0.25) is 0 Å². The van der Waals surface area contributed by atoms with Gasteiger partial charge in [-0.25, -0.2) is 0 Å². The Kier molecular flexibility index (Phi) is 6.02. The van der Waals surface area contributed by atoms with Crippen LogP contribution in [0.1, 0.15) is 42.6 Å². The summed E-state index contributed by atoms with van der Waals surface area (Å²) < 4.78 is 38.1. The van der Waals surface area contributed by atoms with E-state index < -0.39 is 11.7 Å². The van der Waals surface area contributed by atoms with Gasteiger partial charge in [0, 0.05) is 6.04 Å². The normalized spacial score (nSPS) is 14.6. The molecule has 2 nitrogen and oxygen atoms in total. The minimum Gasteiger partial charge on any atom is -0.394 e. The van der Waals surface area contributed by atoms with E-state index in [-0.39, 0.29) is 24.6 Å². The van der Waals surface area contributed by atoms with Gasteiger partial charge in [0.05, 0.1) is 18.2 Å². The van der Waals surface area contributed by atoms with Gasteiger partial charge in [-0.3, -0.25) is 0 Å². The summed E-state index contributed by atoms with van der Waals surface area (Å²) in [6.45, 7) is 3.90.